The third-order valence-electron chi connectivity index (χ3n) is 5.38. The van der Waals surface area contributed by atoms with Crippen molar-refractivity contribution < 1.29 is 19.1 Å². The Morgan fingerprint density at radius 2 is 1.79 bits per heavy atom. The lowest BCUT2D eigenvalue weighted by molar-refractivity contribution is 0.0213. The van der Waals surface area contributed by atoms with Gasteiger partial charge in [0.2, 0.25) is 0 Å². The maximum atomic E-state index is 13.2. The van der Waals surface area contributed by atoms with Gasteiger partial charge in [0.25, 0.3) is 0 Å². The van der Waals surface area contributed by atoms with Crippen LogP contribution in [0.2, 0.25) is 5.02 Å². The molecule has 172 valence electrons. The third kappa shape index (κ3) is 6.78. The second-order valence-electron chi connectivity index (χ2n) is 8.04. The first-order valence-electron chi connectivity index (χ1n) is 10.9. The molecule has 3 aromatic rings. The lowest BCUT2D eigenvalue weighted by Gasteiger charge is -2.27. The second-order valence-corrected chi connectivity index (χ2v) is 8.45. The normalized spacial score (nSPS) is 16.4. The summed E-state index contributed by atoms with van der Waals surface area (Å²) in [5, 5.41) is 15.5. The SMILES string of the molecule is O[C@H](COc1ccccc1)CN(Cc1ccccc1Cl)C[C@@H]1CC(c2ccc(F)cc2)=NO1. The fourth-order valence-corrected chi connectivity index (χ4v) is 3.95. The third-order valence-corrected chi connectivity index (χ3v) is 5.75. The average molecular weight is 469 g/mol. The maximum Gasteiger partial charge on any atom is 0.145 e. The molecule has 7 heteroatoms. The van der Waals surface area contributed by atoms with E-state index in [-0.39, 0.29) is 18.5 Å². The fraction of sp³-hybridized carbons (Fsp3) is 0.269. The van der Waals surface area contributed by atoms with E-state index >= 15 is 0 Å². The maximum absolute atomic E-state index is 13.2. The molecule has 0 unspecified atom stereocenters. The highest BCUT2D eigenvalue weighted by Gasteiger charge is 2.26. The minimum absolute atomic E-state index is 0.173. The molecule has 0 saturated carbocycles. The Kier molecular flexibility index (Phi) is 7.94. The number of para-hydroxylation sites is 1. The van der Waals surface area contributed by atoms with Gasteiger partial charge in [-0.3, -0.25) is 4.90 Å². The number of benzene rings is 3. The van der Waals surface area contributed by atoms with Gasteiger partial charge in [0.1, 0.15) is 30.4 Å². The monoisotopic (exact) mass is 468 g/mol. The fourth-order valence-electron chi connectivity index (χ4n) is 3.76. The van der Waals surface area contributed by atoms with Crippen LogP contribution >= 0.6 is 11.6 Å². The molecular weight excluding hydrogens is 443 g/mol. The summed E-state index contributed by atoms with van der Waals surface area (Å²) < 4.78 is 18.9. The molecule has 1 aliphatic heterocycles. The van der Waals surface area contributed by atoms with E-state index in [1.165, 1.54) is 12.1 Å². The van der Waals surface area contributed by atoms with Crippen molar-refractivity contribution in [3.63, 3.8) is 0 Å². The zero-order valence-electron chi connectivity index (χ0n) is 18.1. The second kappa shape index (κ2) is 11.3. The summed E-state index contributed by atoms with van der Waals surface area (Å²) in [6.45, 7) is 1.64. The van der Waals surface area contributed by atoms with Crippen molar-refractivity contribution in [1.82, 2.24) is 4.90 Å². The first-order chi connectivity index (χ1) is 16.1. The topological polar surface area (TPSA) is 54.3 Å². The molecule has 0 bridgehead atoms. The lowest BCUT2D eigenvalue weighted by Crippen LogP contribution is -2.39. The first kappa shape index (κ1) is 23.2. The standard InChI is InChI=1S/C26H26ClFN2O3/c27-25-9-5-4-6-20(25)15-30(16-22(31)18-32-23-7-2-1-3-8-23)17-24-14-26(29-33-24)19-10-12-21(28)13-11-19/h1-13,22,24,31H,14-18H2/t22-,24-/m0/s1. The van der Waals surface area contributed by atoms with Crippen LogP contribution in [0.3, 0.4) is 0 Å². The van der Waals surface area contributed by atoms with Crippen LogP contribution in [-0.4, -0.2) is 47.6 Å². The van der Waals surface area contributed by atoms with Crippen LogP contribution in [0, 0.1) is 5.82 Å². The highest BCUT2D eigenvalue weighted by molar-refractivity contribution is 6.31. The summed E-state index contributed by atoms with van der Waals surface area (Å²) in [6.07, 6.45) is -0.289. The van der Waals surface area contributed by atoms with Crippen molar-refractivity contribution in [3.05, 3.63) is 101 Å². The number of rotatable bonds is 10. The molecule has 0 amide bonds. The predicted molar refractivity (Wildman–Crippen MR) is 127 cm³/mol. The number of ether oxygens (including phenoxy) is 1. The minimum Gasteiger partial charge on any atom is -0.491 e. The number of hydrogen-bond acceptors (Lipinski definition) is 5. The molecular formula is C26H26ClFN2O3. The number of halogens is 2. The summed E-state index contributed by atoms with van der Waals surface area (Å²) in [6, 6.07) is 23.3. The number of oxime groups is 1. The molecule has 33 heavy (non-hydrogen) atoms. The van der Waals surface area contributed by atoms with Crippen molar-refractivity contribution in [3.8, 4) is 5.75 Å². The van der Waals surface area contributed by atoms with Gasteiger partial charge < -0.3 is 14.7 Å². The number of aliphatic hydroxyl groups excluding tert-OH is 1. The van der Waals surface area contributed by atoms with Crippen LogP contribution in [0.1, 0.15) is 17.5 Å². The van der Waals surface area contributed by atoms with Gasteiger partial charge in [-0.15, -0.1) is 0 Å². The van der Waals surface area contributed by atoms with Crippen LogP contribution in [0.4, 0.5) is 4.39 Å². The van der Waals surface area contributed by atoms with Crippen LogP contribution in [0.5, 0.6) is 5.75 Å². The zero-order chi connectivity index (χ0) is 23.0. The highest BCUT2D eigenvalue weighted by atomic mass is 35.5. The van der Waals surface area contributed by atoms with Crippen LogP contribution in [0.15, 0.2) is 84.0 Å². The zero-order valence-corrected chi connectivity index (χ0v) is 18.9. The van der Waals surface area contributed by atoms with E-state index in [1.54, 1.807) is 12.1 Å². The number of aliphatic hydroxyl groups is 1. The molecule has 0 aliphatic carbocycles. The molecule has 0 fully saturated rings. The molecule has 1 heterocycles. The highest BCUT2D eigenvalue weighted by Crippen LogP contribution is 2.21. The Labute approximate surface area is 198 Å². The molecule has 1 N–H and O–H groups in total. The molecule has 5 nitrogen and oxygen atoms in total. The Bertz CT molecular complexity index is 1060. The molecule has 3 aromatic carbocycles. The Morgan fingerprint density at radius 1 is 1.06 bits per heavy atom. The van der Waals surface area contributed by atoms with Gasteiger partial charge in [-0.05, 0) is 41.5 Å². The van der Waals surface area contributed by atoms with Gasteiger partial charge in [-0.2, -0.15) is 0 Å². The molecule has 0 radical (unpaired) electrons. The Balaban J connectivity index is 1.38. The van der Waals surface area contributed by atoms with Crippen LogP contribution < -0.4 is 4.74 Å². The lowest BCUT2D eigenvalue weighted by atomic mass is 10.0. The van der Waals surface area contributed by atoms with E-state index in [4.69, 9.17) is 21.2 Å². The van der Waals surface area contributed by atoms with Crippen LogP contribution in [-0.2, 0) is 11.4 Å². The van der Waals surface area contributed by atoms with Crippen molar-refractivity contribution >= 4 is 17.3 Å². The predicted octanol–water partition coefficient (Wildman–Crippen LogP) is 4.91. The van der Waals surface area contributed by atoms with Gasteiger partial charge in [-0.1, -0.05) is 65.3 Å². The van der Waals surface area contributed by atoms with Crippen molar-refractivity contribution in [2.75, 3.05) is 19.7 Å². The molecule has 0 spiro atoms. The quantitative estimate of drug-likeness (QED) is 0.459. The smallest absolute Gasteiger partial charge is 0.145 e. The van der Waals surface area contributed by atoms with Gasteiger partial charge in [-0.25, -0.2) is 4.39 Å². The van der Waals surface area contributed by atoms with Gasteiger partial charge in [0, 0.05) is 31.1 Å². The van der Waals surface area contributed by atoms with E-state index in [0.29, 0.717) is 36.8 Å². The van der Waals surface area contributed by atoms with Crippen molar-refractivity contribution in [2.24, 2.45) is 5.16 Å². The van der Waals surface area contributed by atoms with E-state index in [2.05, 4.69) is 10.1 Å². The first-order valence-corrected chi connectivity index (χ1v) is 11.2. The van der Waals surface area contributed by atoms with Crippen LogP contribution in [0.25, 0.3) is 0 Å². The molecule has 2 atom stereocenters. The summed E-state index contributed by atoms with van der Waals surface area (Å²) in [4.78, 5) is 7.76. The summed E-state index contributed by atoms with van der Waals surface area (Å²) >= 11 is 6.38. The van der Waals surface area contributed by atoms with Gasteiger partial charge in [0.05, 0.1) is 5.71 Å². The molecule has 1 aliphatic rings. The van der Waals surface area contributed by atoms with Gasteiger partial charge in [0.15, 0.2) is 0 Å². The van der Waals surface area contributed by atoms with Crippen molar-refractivity contribution in [2.45, 2.75) is 25.2 Å². The number of nitrogens with zero attached hydrogens (tertiary/aromatic N) is 2. The molecule has 0 saturated heterocycles. The van der Waals surface area contributed by atoms with E-state index < -0.39 is 6.10 Å². The van der Waals surface area contributed by atoms with E-state index in [1.807, 2.05) is 54.6 Å². The summed E-state index contributed by atoms with van der Waals surface area (Å²) in [5.41, 5.74) is 2.59. The van der Waals surface area contributed by atoms with Crippen molar-refractivity contribution in [1.29, 1.82) is 0 Å². The molecule has 4 rings (SSSR count). The Morgan fingerprint density at radius 3 is 2.55 bits per heavy atom. The minimum atomic E-state index is -0.702. The van der Waals surface area contributed by atoms with E-state index in [0.717, 1.165) is 16.8 Å². The number of hydrogen-bond donors (Lipinski definition) is 1. The summed E-state index contributed by atoms with van der Waals surface area (Å²) in [5.74, 6) is 0.429. The largest absolute Gasteiger partial charge is 0.491 e. The van der Waals surface area contributed by atoms with E-state index in [9.17, 15) is 9.50 Å². The van der Waals surface area contributed by atoms with Gasteiger partial charge >= 0.3 is 0 Å². The average Bonchev–Trinajstić information content (AvgIpc) is 3.29. The molecule has 0 aromatic heterocycles. The Hall–Kier alpha value is -2.93. The summed E-state index contributed by atoms with van der Waals surface area (Å²) in [7, 11) is 0.